The van der Waals surface area contributed by atoms with Gasteiger partial charge in [0.25, 0.3) is 0 Å². The van der Waals surface area contributed by atoms with Crippen molar-refractivity contribution in [2.75, 3.05) is 0 Å². The lowest BCUT2D eigenvalue weighted by atomic mass is 10.0. The Morgan fingerprint density at radius 2 is 2.23 bits per heavy atom. The SMILES string of the molecule is CCc1cccnc1C(=O)C(C)C. The topological polar surface area (TPSA) is 30.0 Å². The number of hydrogen-bond acceptors (Lipinski definition) is 2. The van der Waals surface area contributed by atoms with Crippen molar-refractivity contribution in [3.8, 4) is 0 Å². The molecule has 2 heteroatoms. The maximum Gasteiger partial charge on any atom is 0.183 e. The molecule has 1 rings (SSSR count). The lowest BCUT2D eigenvalue weighted by molar-refractivity contribution is 0.0933. The van der Waals surface area contributed by atoms with Gasteiger partial charge in [0.15, 0.2) is 5.78 Å². The highest BCUT2D eigenvalue weighted by Crippen LogP contribution is 2.11. The average molecular weight is 177 g/mol. The van der Waals surface area contributed by atoms with E-state index in [0.29, 0.717) is 5.69 Å². The summed E-state index contributed by atoms with van der Waals surface area (Å²) >= 11 is 0. The van der Waals surface area contributed by atoms with Crippen molar-refractivity contribution in [2.45, 2.75) is 27.2 Å². The molecule has 0 unspecified atom stereocenters. The van der Waals surface area contributed by atoms with Gasteiger partial charge in [0.1, 0.15) is 5.69 Å². The van der Waals surface area contributed by atoms with E-state index in [4.69, 9.17) is 0 Å². The van der Waals surface area contributed by atoms with Crippen LogP contribution >= 0.6 is 0 Å². The summed E-state index contributed by atoms with van der Waals surface area (Å²) in [5.41, 5.74) is 1.68. The molecule has 1 aromatic rings. The van der Waals surface area contributed by atoms with Crippen molar-refractivity contribution in [3.05, 3.63) is 29.6 Å². The monoisotopic (exact) mass is 177 g/mol. The lowest BCUT2D eigenvalue weighted by Gasteiger charge is -2.06. The Hall–Kier alpha value is -1.18. The molecule has 0 aliphatic heterocycles. The van der Waals surface area contributed by atoms with E-state index in [-0.39, 0.29) is 11.7 Å². The minimum atomic E-state index is 0.0280. The van der Waals surface area contributed by atoms with E-state index in [1.807, 2.05) is 32.9 Å². The van der Waals surface area contributed by atoms with Gasteiger partial charge in [-0.2, -0.15) is 0 Å². The molecule has 0 N–H and O–H groups in total. The molecule has 1 aromatic heterocycles. The lowest BCUT2D eigenvalue weighted by Crippen LogP contribution is -2.12. The molecule has 0 fully saturated rings. The van der Waals surface area contributed by atoms with Gasteiger partial charge in [-0.1, -0.05) is 26.8 Å². The number of rotatable bonds is 3. The number of aromatic nitrogens is 1. The largest absolute Gasteiger partial charge is 0.292 e. The molecule has 0 radical (unpaired) electrons. The zero-order valence-corrected chi connectivity index (χ0v) is 8.37. The third-order valence-corrected chi connectivity index (χ3v) is 2.03. The molecular formula is C11H15NO. The van der Waals surface area contributed by atoms with Gasteiger partial charge in [0, 0.05) is 12.1 Å². The Kier molecular flexibility index (Phi) is 3.18. The number of Topliss-reactive ketones (excluding diaryl/α,β-unsaturated/α-hetero) is 1. The van der Waals surface area contributed by atoms with Crippen LogP contribution in [0.15, 0.2) is 18.3 Å². The predicted octanol–water partition coefficient (Wildman–Crippen LogP) is 2.48. The van der Waals surface area contributed by atoms with E-state index in [1.165, 1.54) is 0 Å². The standard InChI is InChI=1S/C11H15NO/c1-4-9-6-5-7-12-10(9)11(13)8(2)3/h5-8H,4H2,1-3H3. The molecule has 0 saturated heterocycles. The molecule has 0 amide bonds. The summed E-state index contributed by atoms with van der Waals surface area (Å²) in [4.78, 5) is 15.8. The minimum absolute atomic E-state index is 0.0280. The molecule has 13 heavy (non-hydrogen) atoms. The maximum absolute atomic E-state index is 11.7. The van der Waals surface area contributed by atoms with Gasteiger partial charge in [-0.25, -0.2) is 0 Å². The van der Waals surface area contributed by atoms with Crippen LogP contribution < -0.4 is 0 Å². The zero-order valence-electron chi connectivity index (χ0n) is 8.37. The van der Waals surface area contributed by atoms with Crippen LogP contribution in [0.2, 0.25) is 0 Å². The highest BCUT2D eigenvalue weighted by Gasteiger charge is 2.14. The van der Waals surface area contributed by atoms with E-state index in [1.54, 1.807) is 6.20 Å². The van der Waals surface area contributed by atoms with E-state index < -0.39 is 0 Å². The van der Waals surface area contributed by atoms with Crippen molar-refractivity contribution < 1.29 is 4.79 Å². The first-order valence-electron chi connectivity index (χ1n) is 4.65. The van der Waals surface area contributed by atoms with E-state index in [0.717, 1.165) is 12.0 Å². The Bertz CT molecular complexity index is 305. The summed E-state index contributed by atoms with van der Waals surface area (Å²) in [6.07, 6.45) is 2.54. The van der Waals surface area contributed by atoms with Crippen LogP contribution in [0.5, 0.6) is 0 Å². The first-order chi connectivity index (χ1) is 6.16. The molecule has 0 aromatic carbocycles. The highest BCUT2D eigenvalue weighted by atomic mass is 16.1. The Balaban J connectivity index is 3.06. The second kappa shape index (κ2) is 4.17. The summed E-state index contributed by atoms with van der Waals surface area (Å²) in [6.45, 7) is 5.83. The van der Waals surface area contributed by atoms with E-state index >= 15 is 0 Å². The van der Waals surface area contributed by atoms with Crippen molar-refractivity contribution in [1.82, 2.24) is 4.98 Å². The average Bonchev–Trinajstić information content (AvgIpc) is 2.16. The molecule has 0 aliphatic rings. The van der Waals surface area contributed by atoms with Crippen molar-refractivity contribution in [1.29, 1.82) is 0 Å². The minimum Gasteiger partial charge on any atom is -0.292 e. The first-order valence-corrected chi connectivity index (χ1v) is 4.65. The predicted molar refractivity (Wildman–Crippen MR) is 52.8 cm³/mol. The van der Waals surface area contributed by atoms with Gasteiger partial charge >= 0.3 is 0 Å². The number of nitrogens with zero attached hydrogens (tertiary/aromatic N) is 1. The number of pyridine rings is 1. The quantitative estimate of drug-likeness (QED) is 0.664. The number of hydrogen-bond donors (Lipinski definition) is 0. The van der Waals surface area contributed by atoms with Gasteiger partial charge < -0.3 is 0 Å². The fourth-order valence-corrected chi connectivity index (χ4v) is 1.22. The maximum atomic E-state index is 11.7. The van der Waals surface area contributed by atoms with E-state index in [2.05, 4.69) is 4.98 Å². The summed E-state index contributed by atoms with van der Waals surface area (Å²) in [5.74, 6) is 0.164. The van der Waals surface area contributed by atoms with Gasteiger partial charge in [0.05, 0.1) is 0 Å². The first kappa shape index (κ1) is 9.90. The summed E-state index contributed by atoms with van der Waals surface area (Å²) in [5, 5.41) is 0. The van der Waals surface area contributed by atoms with Crippen LogP contribution in [-0.2, 0) is 6.42 Å². The number of aryl methyl sites for hydroxylation is 1. The fraction of sp³-hybridized carbons (Fsp3) is 0.455. The van der Waals surface area contributed by atoms with Crippen LogP contribution in [-0.4, -0.2) is 10.8 Å². The molecule has 1 heterocycles. The normalized spacial score (nSPS) is 10.5. The van der Waals surface area contributed by atoms with Crippen LogP contribution in [0.1, 0.15) is 36.8 Å². The number of carbonyl (C=O) groups excluding carboxylic acids is 1. The Morgan fingerprint density at radius 3 is 2.77 bits per heavy atom. The van der Waals surface area contributed by atoms with Gasteiger partial charge in [-0.3, -0.25) is 9.78 Å². The van der Waals surface area contributed by atoms with Crippen molar-refractivity contribution >= 4 is 5.78 Å². The van der Waals surface area contributed by atoms with Crippen LogP contribution in [0, 0.1) is 5.92 Å². The highest BCUT2D eigenvalue weighted by molar-refractivity contribution is 5.96. The zero-order chi connectivity index (χ0) is 9.84. The van der Waals surface area contributed by atoms with Gasteiger partial charge in [0.2, 0.25) is 0 Å². The third-order valence-electron chi connectivity index (χ3n) is 2.03. The molecule has 0 saturated carbocycles. The van der Waals surface area contributed by atoms with Crippen molar-refractivity contribution in [2.24, 2.45) is 5.92 Å². The second-order valence-corrected chi connectivity index (χ2v) is 3.38. The summed E-state index contributed by atoms with van der Waals surface area (Å²) < 4.78 is 0. The summed E-state index contributed by atoms with van der Waals surface area (Å²) in [7, 11) is 0. The fourth-order valence-electron chi connectivity index (χ4n) is 1.22. The molecular weight excluding hydrogens is 162 g/mol. The van der Waals surface area contributed by atoms with Gasteiger partial charge in [-0.05, 0) is 18.1 Å². The molecule has 0 bridgehead atoms. The molecule has 70 valence electrons. The Morgan fingerprint density at radius 1 is 1.54 bits per heavy atom. The molecule has 0 aliphatic carbocycles. The third kappa shape index (κ3) is 2.14. The molecule has 2 nitrogen and oxygen atoms in total. The van der Waals surface area contributed by atoms with Crippen LogP contribution in [0.4, 0.5) is 0 Å². The molecule has 0 atom stereocenters. The van der Waals surface area contributed by atoms with Gasteiger partial charge in [-0.15, -0.1) is 0 Å². The van der Waals surface area contributed by atoms with Crippen molar-refractivity contribution in [3.63, 3.8) is 0 Å². The second-order valence-electron chi connectivity index (χ2n) is 3.38. The number of ketones is 1. The van der Waals surface area contributed by atoms with Crippen LogP contribution in [0.25, 0.3) is 0 Å². The summed E-state index contributed by atoms with van der Waals surface area (Å²) in [6, 6.07) is 3.83. The molecule has 0 spiro atoms. The van der Waals surface area contributed by atoms with E-state index in [9.17, 15) is 4.79 Å². The smallest absolute Gasteiger partial charge is 0.183 e. The Labute approximate surface area is 79.0 Å². The van der Waals surface area contributed by atoms with Crippen LogP contribution in [0.3, 0.4) is 0 Å². The number of carbonyl (C=O) groups is 1.